The van der Waals surface area contributed by atoms with Gasteiger partial charge < -0.3 is 0 Å². The second-order valence-corrected chi connectivity index (χ2v) is 5.88. The van der Waals surface area contributed by atoms with Gasteiger partial charge in [-0.15, -0.1) is 0 Å². The number of benzene rings is 3. The monoisotopic (exact) mass is 333 g/mol. The highest BCUT2D eigenvalue weighted by molar-refractivity contribution is 6.52. The van der Waals surface area contributed by atoms with E-state index in [1.165, 1.54) is 0 Å². The van der Waals surface area contributed by atoms with Gasteiger partial charge in [0.1, 0.15) is 5.71 Å². The maximum atomic E-state index is 13.1. The summed E-state index contributed by atoms with van der Waals surface area (Å²) in [7, 11) is 0. The average Bonchev–Trinajstić information content (AvgIpc) is 2.61. The molecule has 24 heavy (non-hydrogen) atoms. The fourth-order valence-electron chi connectivity index (χ4n) is 2.44. The zero-order valence-corrected chi connectivity index (χ0v) is 14.0. The Bertz CT molecular complexity index is 883. The summed E-state index contributed by atoms with van der Waals surface area (Å²) in [6, 6.07) is 24.2. The minimum absolute atomic E-state index is 0.0979. The standard InChI is InChI=1S/C21H16ClNO/c1-15-7-5-6-10-19(15)21(24)20(16-11-13-17(22)14-12-16)23-18-8-3-2-4-9-18/h2-14H,1H3. The van der Waals surface area contributed by atoms with Crippen LogP contribution in [-0.2, 0) is 0 Å². The highest BCUT2D eigenvalue weighted by Gasteiger charge is 2.18. The zero-order valence-electron chi connectivity index (χ0n) is 13.2. The molecule has 0 aliphatic carbocycles. The molecule has 0 saturated heterocycles. The Morgan fingerprint density at radius 2 is 1.46 bits per heavy atom. The van der Waals surface area contributed by atoms with Gasteiger partial charge in [0.2, 0.25) is 5.78 Å². The van der Waals surface area contributed by atoms with Crippen molar-refractivity contribution in [2.24, 2.45) is 4.99 Å². The van der Waals surface area contributed by atoms with Gasteiger partial charge in [-0.3, -0.25) is 4.79 Å². The Hall–Kier alpha value is -2.71. The van der Waals surface area contributed by atoms with E-state index in [2.05, 4.69) is 4.99 Å². The van der Waals surface area contributed by atoms with Gasteiger partial charge in [0, 0.05) is 16.1 Å². The number of Topliss-reactive ketones (excluding diaryl/α,β-unsaturated/α-hetero) is 1. The van der Waals surface area contributed by atoms with Crippen LogP contribution in [0.15, 0.2) is 83.9 Å². The van der Waals surface area contributed by atoms with Crippen LogP contribution in [0.5, 0.6) is 0 Å². The van der Waals surface area contributed by atoms with E-state index < -0.39 is 0 Å². The first-order valence-electron chi connectivity index (χ1n) is 7.65. The molecule has 3 aromatic rings. The van der Waals surface area contributed by atoms with Gasteiger partial charge in [-0.1, -0.05) is 66.2 Å². The summed E-state index contributed by atoms with van der Waals surface area (Å²) in [6.07, 6.45) is 0. The van der Waals surface area contributed by atoms with Gasteiger partial charge in [-0.25, -0.2) is 4.99 Å². The minimum Gasteiger partial charge on any atom is -0.287 e. The van der Waals surface area contributed by atoms with Crippen LogP contribution in [-0.4, -0.2) is 11.5 Å². The third-order valence-electron chi connectivity index (χ3n) is 3.72. The lowest BCUT2D eigenvalue weighted by atomic mass is 9.97. The average molecular weight is 334 g/mol. The predicted molar refractivity (Wildman–Crippen MR) is 99.6 cm³/mol. The molecule has 0 N–H and O–H groups in total. The SMILES string of the molecule is Cc1ccccc1C(=O)C(=Nc1ccccc1)c1ccc(Cl)cc1. The van der Waals surface area contributed by atoms with Crippen molar-refractivity contribution in [2.75, 3.05) is 0 Å². The van der Waals surface area contributed by atoms with Crippen molar-refractivity contribution in [1.82, 2.24) is 0 Å². The van der Waals surface area contributed by atoms with Crippen LogP contribution in [0.1, 0.15) is 21.5 Å². The number of hydrogen-bond donors (Lipinski definition) is 0. The summed E-state index contributed by atoms with van der Waals surface area (Å²) in [5.41, 5.74) is 3.48. The smallest absolute Gasteiger partial charge is 0.212 e. The molecule has 0 amide bonds. The minimum atomic E-state index is -0.0979. The van der Waals surface area contributed by atoms with Gasteiger partial charge in [0.25, 0.3) is 0 Å². The first kappa shape index (κ1) is 16.2. The van der Waals surface area contributed by atoms with Crippen LogP contribution in [0, 0.1) is 6.92 Å². The number of rotatable bonds is 4. The van der Waals surface area contributed by atoms with E-state index >= 15 is 0 Å². The molecule has 0 fully saturated rings. The van der Waals surface area contributed by atoms with Gasteiger partial charge >= 0.3 is 0 Å². The number of halogens is 1. The summed E-state index contributed by atoms with van der Waals surface area (Å²) in [5.74, 6) is -0.0979. The van der Waals surface area contributed by atoms with Gasteiger partial charge in [0.15, 0.2) is 0 Å². The van der Waals surface area contributed by atoms with E-state index in [-0.39, 0.29) is 5.78 Å². The summed E-state index contributed by atoms with van der Waals surface area (Å²) >= 11 is 5.97. The van der Waals surface area contributed by atoms with Crippen molar-refractivity contribution >= 4 is 28.8 Å². The second kappa shape index (κ2) is 7.24. The Kier molecular flexibility index (Phi) is 4.88. The summed E-state index contributed by atoms with van der Waals surface area (Å²) in [6.45, 7) is 1.93. The van der Waals surface area contributed by atoms with E-state index in [1.807, 2.05) is 73.7 Å². The molecule has 118 valence electrons. The third kappa shape index (κ3) is 3.61. The third-order valence-corrected chi connectivity index (χ3v) is 3.97. The van der Waals surface area contributed by atoms with Crippen LogP contribution < -0.4 is 0 Å². The van der Waals surface area contributed by atoms with Crippen molar-refractivity contribution in [3.8, 4) is 0 Å². The molecule has 0 bridgehead atoms. The van der Waals surface area contributed by atoms with E-state index in [4.69, 9.17) is 11.6 Å². The molecule has 0 saturated carbocycles. The lowest BCUT2D eigenvalue weighted by molar-refractivity contribution is 0.106. The second-order valence-electron chi connectivity index (χ2n) is 5.45. The number of carbonyl (C=O) groups excluding carboxylic acids is 1. The molecular weight excluding hydrogens is 318 g/mol. The molecule has 0 unspecified atom stereocenters. The molecule has 2 nitrogen and oxygen atoms in total. The molecule has 0 aliphatic heterocycles. The number of para-hydroxylation sites is 1. The maximum Gasteiger partial charge on any atom is 0.212 e. The summed E-state index contributed by atoms with van der Waals surface area (Å²) < 4.78 is 0. The van der Waals surface area contributed by atoms with Crippen LogP contribution in [0.4, 0.5) is 5.69 Å². The molecule has 0 aliphatic rings. The number of aryl methyl sites for hydroxylation is 1. The van der Waals surface area contributed by atoms with E-state index in [1.54, 1.807) is 12.1 Å². The van der Waals surface area contributed by atoms with E-state index in [0.29, 0.717) is 16.3 Å². The summed E-state index contributed by atoms with van der Waals surface area (Å²) in [5, 5.41) is 0.626. The van der Waals surface area contributed by atoms with E-state index in [0.717, 1.165) is 16.8 Å². The molecule has 3 heteroatoms. The Labute approximate surface area is 146 Å². The number of ketones is 1. The Morgan fingerprint density at radius 1 is 0.833 bits per heavy atom. The van der Waals surface area contributed by atoms with Gasteiger partial charge in [-0.2, -0.15) is 0 Å². The molecule has 3 rings (SSSR count). The molecule has 0 spiro atoms. The van der Waals surface area contributed by atoms with Crippen molar-refractivity contribution in [3.63, 3.8) is 0 Å². The van der Waals surface area contributed by atoms with Gasteiger partial charge in [0.05, 0.1) is 5.69 Å². The van der Waals surface area contributed by atoms with E-state index in [9.17, 15) is 4.79 Å². The van der Waals surface area contributed by atoms with Crippen LogP contribution >= 0.6 is 11.6 Å². The first-order chi connectivity index (χ1) is 11.6. The molecule has 0 heterocycles. The number of hydrogen-bond acceptors (Lipinski definition) is 2. The number of aliphatic imine (C=N–C) groups is 1. The van der Waals surface area contributed by atoms with Crippen LogP contribution in [0.2, 0.25) is 5.02 Å². The fourth-order valence-corrected chi connectivity index (χ4v) is 2.57. The number of carbonyl (C=O) groups is 1. The topological polar surface area (TPSA) is 29.4 Å². The fraction of sp³-hybridized carbons (Fsp3) is 0.0476. The van der Waals surface area contributed by atoms with Crippen molar-refractivity contribution in [1.29, 1.82) is 0 Å². The molecule has 3 aromatic carbocycles. The number of nitrogens with zero attached hydrogens (tertiary/aromatic N) is 1. The molecular formula is C21H16ClNO. The lowest BCUT2D eigenvalue weighted by Crippen LogP contribution is -2.16. The van der Waals surface area contributed by atoms with Crippen LogP contribution in [0.25, 0.3) is 0 Å². The highest BCUT2D eigenvalue weighted by Crippen LogP contribution is 2.19. The van der Waals surface area contributed by atoms with Gasteiger partial charge in [-0.05, 0) is 36.8 Å². The predicted octanol–water partition coefficient (Wildman–Crippen LogP) is 5.65. The van der Waals surface area contributed by atoms with Crippen molar-refractivity contribution < 1.29 is 4.79 Å². The Morgan fingerprint density at radius 3 is 2.12 bits per heavy atom. The maximum absolute atomic E-state index is 13.1. The summed E-state index contributed by atoms with van der Waals surface area (Å²) in [4.78, 5) is 17.7. The molecule has 0 atom stereocenters. The molecule has 0 radical (unpaired) electrons. The van der Waals surface area contributed by atoms with Crippen LogP contribution in [0.3, 0.4) is 0 Å². The zero-order chi connectivity index (χ0) is 16.9. The largest absolute Gasteiger partial charge is 0.287 e. The molecule has 0 aromatic heterocycles. The first-order valence-corrected chi connectivity index (χ1v) is 8.03. The normalized spacial score (nSPS) is 11.3. The van der Waals surface area contributed by atoms with Crippen molar-refractivity contribution in [3.05, 3.63) is 101 Å². The van der Waals surface area contributed by atoms with Crippen molar-refractivity contribution in [2.45, 2.75) is 6.92 Å². The quantitative estimate of drug-likeness (QED) is 0.448. The highest BCUT2D eigenvalue weighted by atomic mass is 35.5. The Balaban J connectivity index is 2.12. The lowest BCUT2D eigenvalue weighted by Gasteiger charge is -2.09.